The van der Waals surface area contributed by atoms with Crippen molar-refractivity contribution < 1.29 is 4.79 Å². The monoisotopic (exact) mass is 232 g/mol. The van der Waals surface area contributed by atoms with Crippen molar-refractivity contribution in [2.24, 2.45) is 5.92 Å². The summed E-state index contributed by atoms with van der Waals surface area (Å²) >= 11 is 0. The summed E-state index contributed by atoms with van der Waals surface area (Å²) in [6.07, 6.45) is 2.50. The number of nitrogens with one attached hydrogen (secondary N) is 1. The number of carbonyl (C=O) groups excluding carboxylic acids is 1. The molecule has 17 heavy (non-hydrogen) atoms. The third kappa shape index (κ3) is 2.99. The van der Waals surface area contributed by atoms with Gasteiger partial charge in [0.15, 0.2) is 0 Å². The fourth-order valence-electron chi connectivity index (χ4n) is 1.92. The number of benzene rings is 1. The van der Waals surface area contributed by atoms with E-state index in [-0.39, 0.29) is 5.91 Å². The van der Waals surface area contributed by atoms with Crippen molar-refractivity contribution >= 4 is 11.6 Å². The van der Waals surface area contributed by atoms with Gasteiger partial charge in [0.05, 0.1) is 0 Å². The minimum Gasteiger partial charge on any atom is -0.378 e. The van der Waals surface area contributed by atoms with Crippen LogP contribution in [0.3, 0.4) is 0 Å². The summed E-state index contributed by atoms with van der Waals surface area (Å²) in [5.41, 5.74) is 1.85. The van der Waals surface area contributed by atoms with Gasteiger partial charge in [0.1, 0.15) is 0 Å². The maximum absolute atomic E-state index is 11.9. The molecule has 0 bridgehead atoms. The molecule has 1 saturated carbocycles. The molecule has 1 amide bonds. The molecule has 0 aromatic heterocycles. The zero-order chi connectivity index (χ0) is 12.4. The Labute approximate surface area is 103 Å². The number of amides is 1. The first kappa shape index (κ1) is 12.0. The minimum atomic E-state index is 0.0368. The molecule has 1 atom stereocenters. The molecule has 3 heteroatoms. The van der Waals surface area contributed by atoms with Gasteiger partial charge in [-0.2, -0.15) is 0 Å². The van der Waals surface area contributed by atoms with E-state index in [4.69, 9.17) is 0 Å². The van der Waals surface area contributed by atoms with Crippen LogP contribution in [-0.4, -0.2) is 26.0 Å². The number of hydrogen-bond acceptors (Lipinski definition) is 2. The zero-order valence-corrected chi connectivity index (χ0v) is 10.7. The van der Waals surface area contributed by atoms with Gasteiger partial charge in [0.2, 0.25) is 0 Å². The maximum atomic E-state index is 11.9. The molecule has 1 aromatic rings. The van der Waals surface area contributed by atoms with Gasteiger partial charge >= 0.3 is 0 Å². The Kier molecular flexibility index (Phi) is 3.36. The molecule has 1 fully saturated rings. The summed E-state index contributed by atoms with van der Waals surface area (Å²) in [5.74, 6) is 0.731. The number of carbonyl (C=O) groups is 1. The highest BCUT2D eigenvalue weighted by Crippen LogP contribution is 2.32. The van der Waals surface area contributed by atoms with Gasteiger partial charge in [-0.3, -0.25) is 4.79 Å². The summed E-state index contributed by atoms with van der Waals surface area (Å²) in [6.45, 7) is 2.09. The Bertz CT molecular complexity index is 393. The van der Waals surface area contributed by atoms with Crippen LogP contribution < -0.4 is 10.2 Å². The summed E-state index contributed by atoms with van der Waals surface area (Å²) in [6, 6.07) is 8.00. The number of hydrogen-bond donors (Lipinski definition) is 1. The van der Waals surface area contributed by atoms with Crippen LogP contribution in [0.4, 0.5) is 5.69 Å². The Morgan fingerprint density at radius 2 is 1.88 bits per heavy atom. The number of nitrogens with zero attached hydrogens (tertiary/aromatic N) is 1. The average Bonchev–Trinajstić information content (AvgIpc) is 3.12. The van der Waals surface area contributed by atoms with E-state index in [1.54, 1.807) is 0 Å². The SMILES string of the molecule is CC(NC(=O)c1ccc(N(C)C)cc1)C1CC1. The van der Waals surface area contributed by atoms with Crippen LogP contribution in [0.25, 0.3) is 0 Å². The molecule has 0 heterocycles. The third-order valence-corrected chi connectivity index (χ3v) is 3.33. The molecule has 0 radical (unpaired) electrons. The predicted molar refractivity (Wildman–Crippen MR) is 70.4 cm³/mol. The van der Waals surface area contributed by atoms with Gasteiger partial charge in [-0.05, 0) is 49.9 Å². The van der Waals surface area contributed by atoms with Gasteiger partial charge < -0.3 is 10.2 Å². The molecule has 0 saturated heterocycles. The van der Waals surface area contributed by atoms with Crippen molar-refractivity contribution in [1.82, 2.24) is 5.32 Å². The second-order valence-corrected chi connectivity index (χ2v) is 5.04. The van der Waals surface area contributed by atoms with Gasteiger partial charge in [-0.1, -0.05) is 0 Å². The van der Waals surface area contributed by atoms with E-state index in [0.717, 1.165) is 11.3 Å². The molecular formula is C14H20N2O. The molecule has 0 aliphatic heterocycles. The second kappa shape index (κ2) is 4.78. The third-order valence-electron chi connectivity index (χ3n) is 3.33. The fraction of sp³-hybridized carbons (Fsp3) is 0.500. The Morgan fingerprint density at radius 3 is 2.35 bits per heavy atom. The van der Waals surface area contributed by atoms with Crippen LogP contribution in [0.15, 0.2) is 24.3 Å². The van der Waals surface area contributed by atoms with Crippen molar-refractivity contribution in [1.29, 1.82) is 0 Å². The van der Waals surface area contributed by atoms with Crippen molar-refractivity contribution in [3.05, 3.63) is 29.8 Å². The molecule has 3 nitrogen and oxygen atoms in total. The zero-order valence-electron chi connectivity index (χ0n) is 10.7. The van der Waals surface area contributed by atoms with E-state index in [0.29, 0.717) is 12.0 Å². The lowest BCUT2D eigenvalue weighted by Gasteiger charge is -2.15. The van der Waals surface area contributed by atoms with Gasteiger partial charge in [0.25, 0.3) is 5.91 Å². The van der Waals surface area contributed by atoms with Crippen molar-refractivity contribution in [3.63, 3.8) is 0 Å². The first-order valence-corrected chi connectivity index (χ1v) is 6.16. The normalized spacial score (nSPS) is 16.4. The van der Waals surface area contributed by atoms with Crippen LogP contribution in [0, 0.1) is 5.92 Å². The topological polar surface area (TPSA) is 32.3 Å². The average molecular weight is 232 g/mol. The van der Waals surface area contributed by atoms with E-state index in [1.807, 2.05) is 43.3 Å². The lowest BCUT2D eigenvalue weighted by Crippen LogP contribution is -2.33. The van der Waals surface area contributed by atoms with E-state index in [9.17, 15) is 4.79 Å². The largest absolute Gasteiger partial charge is 0.378 e. The van der Waals surface area contributed by atoms with E-state index >= 15 is 0 Å². The van der Waals surface area contributed by atoms with Crippen molar-refractivity contribution in [2.75, 3.05) is 19.0 Å². The first-order chi connectivity index (χ1) is 8.08. The standard InChI is InChI=1S/C14H20N2O/c1-10(11-4-5-11)15-14(17)12-6-8-13(9-7-12)16(2)3/h6-11H,4-5H2,1-3H3,(H,15,17). The van der Waals surface area contributed by atoms with Gasteiger partial charge in [-0.25, -0.2) is 0 Å². The minimum absolute atomic E-state index is 0.0368. The molecule has 1 aliphatic rings. The van der Waals surface area contributed by atoms with E-state index in [2.05, 4.69) is 12.2 Å². The Morgan fingerprint density at radius 1 is 1.29 bits per heavy atom. The lowest BCUT2D eigenvalue weighted by molar-refractivity contribution is 0.0936. The van der Waals surface area contributed by atoms with E-state index in [1.165, 1.54) is 12.8 Å². The van der Waals surface area contributed by atoms with Crippen LogP contribution in [0.5, 0.6) is 0 Å². The molecule has 1 unspecified atom stereocenters. The van der Waals surface area contributed by atoms with Crippen LogP contribution in [0.2, 0.25) is 0 Å². The smallest absolute Gasteiger partial charge is 0.251 e. The number of anilines is 1. The quantitative estimate of drug-likeness (QED) is 0.863. The number of rotatable bonds is 4. The Hall–Kier alpha value is -1.51. The molecule has 0 spiro atoms. The fourth-order valence-corrected chi connectivity index (χ4v) is 1.92. The van der Waals surface area contributed by atoms with Crippen molar-refractivity contribution in [2.45, 2.75) is 25.8 Å². The van der Waals surface area contributed by atoms with Crippen molar-refractivity contribution in [3.8, 4) is 0 Å². The van der Waals surface area contributed by atoms with Crippen LogP contribution >= 0.6 is 0 Å². The molecular weight excluding hydrogens is 212 g/mol. The highest BCUT2D eigenvalue weighted by Gasteiger charge is 2.28. The highest BCUT2D eigenvalue weighted by molar-refractivity contribution is 5.94. The molecule has 1 aromatic carbocycles. The first-order valence-electron chi connectivity index (χ1n) is 6.16. The highest BCUT2D eigenvalue weighted by atomic mass is 16.1. The lowest BCUT2D eigenvalue weighted by atomic mass is 10.1. The molecule has 1 aliphatic carbocycles. The van der Waals surface area contributed by atoms with Crippen LogP contribution in [-0.2, 0) is 0 Å². The summed E-state index contributed by atoms with van der Waals surface area (Å²) in [5, 5.41) is 3.05. The predicted octanol–water partition coefficient (Wildman–Crippen LogP) is 2.28. The molecule has 2 rings (SSSR count). The molecule has 92 valence electrons. The summed E-state index contributed by atoms with van der Waals surface area (Å²) < 4.78 is 0. The summed E-state index contributed by atoms with van der Waals surface area (Å²) in [7, 11) is 3.98. The van der Waals surface area contributed by atoms with Gasteiger partial charge in [-0.15, -0.1) is 0 Å². The summed E-state index contributed by atoms with van der Waals surface area (Å²) in [4.78, 5) is 14.0. The second-order valence-electron chi connectivity index (χ2n) is 5.04. The Balaban J connectivity index is 1.98. The van der Waals surface area contributed by atoms with Crippen LogP contribution in [0.1, 0.15) is 30.1 Å². The maximum Gasteiger partial charge on any atom is 0.251 e. The molecule has 1 N–H and O–H groups in total. The van der Waals surface area contributed by atoms with E-state index < -0.39 is 0 Å². The van der Waals surface area contributed by atoms with Gasteiger partial charge in [0, 0.05) is 31.4 Å².